The number of benzene rings is 2. The number of ether oxygens (including phenoxy) is 4. The monoisotopic (exact) mass is 526 g/mol. The van der Waals surface area contributed by atoms with Gasteiger partial charge in [-0.1, -0.05) is 19.1 Å². The van der Waals surface area contributed by atoms with Crippen molar-refractivity contribution in [2.45, 2.75) is 26.3 Å². The van der Waals surface area contributed by atoms with Crippen LogP contribution in [-0.2, 0) is 14.3 Å². The molecular weight excluding hydrogens is 492 g/mol. The molecule has 0 spiro atoms. The molecule has 0 aromatic heterocycles. The van der Waals surface area contributed by atoms with E-state index in [9.17, 15) is 14.4 Å². The van der Waals surface area contributed by atoms with Gasteiger partial charge in [-0.3, -0.25) is 4.90 Å². The van der Waals surface area contributed by atoms with Gasteiger partial charge in [0.1, 0.15) is 18.1 Å². The molecule has 11 heteroatoms. The Balaban J connectivity index is 1.85. The lowest BCUT2D eigenvalue weighted by molar-refractivity contribution is -0.140. The number of carbonyl (C=O) groups is 3. The van der Waals surface area contributed by atoms with Crippen molar-refractivity contribution in [2.75, 3.05) is 51.7 Å². The van der Waals surface area contributed by atoms with Gasteiger partial charge in [0.05, 0.1) is 32.4 Å². The summed E-state index contributed by atoms with van der Waals surface area (Å²) in [6, 6.07) is 10.3. The summed E-state index contributed by atoms with van der Waals surface area (Å²) in [4.78, 5) is 40.2. The number of nitrogens with zero attached hydrogens (tertiary/aromatic N) is 1. The number of hydrogen-bond acceptors (Lipinski definition) is 7. The van der Waals surface area contributed by atoms with Gasteiger partial charge in [0.2, 0.25) is 0 Å². The highest BCUT2D eigenvalue weighted by Crippen LogP contribution is 2.33. The van der Waals surface area contributed by atoms with Crippen molar-refractivity contribution in [3.8, 4) is 11.5 Å². The van der Waals surface area contributed by atoms with Crippen molar-refractivity contribution < 1.29 is 33.3 Å². The molecule has 4 amide bonds. The number of rotatable bonds is 11. The molecule has 3 N–H and O–H groups in total. The molecule has 0 bridgehead atoms. The zero-order valence-electron chi connectivity index (χ0n) is 22.3. The van der Waals surface area contributed by atoms with E-state index in [0.717, 1.165) is 6.42 Å². The van der Waals surface area contributed by atoms with Crippen molar-refractivity contribution >= 4 is 29.4 Å². The van der Waals surface area contributed by atoms with Crippen LogP contribution in [0, 0.1) is 0 Å². The van der Waals surface area contributed by atoms with Gasteiger partial charge in [-0.15, -0.1) is 0 Å². The largest absolute Gasteiger partial charge is 0.497 e. The number of hydrogen-bond donors (Lipinski definition) is 3. The lowest BCUT2D eigenvalue weighted by Crippen LogP contribution is -2.48. The molecule has 0 radical (unpaired) electrons. The number of carbonyl (C=O) groups excluding carboxylic acids is 3. The first-order valence-electron chi connectivity index (χ1n) is 12.2. The first kappa shape index (κ1) is 28.3. The Morgan fingerprint density at radius 3 is 2.29 bits per heavy atom. The van der Waals surface area contributed by atoms with E-state index in [0.29, 0.717) is 46.3 Å². The highest BCUT2D eigenvalue weighted by molar-refractivity contribution is 6.00. The maximum absolute atomic E-state index is 13.1. The summed E-state index contributed by atoms with van der Waals surface area (Å²) in [5.41, 5.74) is 2.38. The van der Waals surface area contributed by atoms with Crippen LogP contribution in [0.15, 0.2) is 53.7 Å². The zero-order chi connectivity index (χ0) is 27.7. The van der Waals surface area contributed by atoms with E-state index in [2.05, 4.69) is 16.0 Å². The Labute approximate surface area is 222 Å². The quantitative estimate of drug-likeness (QED) is 0.294. The minimum Gasteiger partial charge on any atom is -0.497 e. The number of methoxy groups -OCH3 is 3. The molecule has 2 aromatic carbocycles. The zero-order valence-corrected chi connectivity index (χ0v) is 22.3. The first-order valence-corrected chi connectivity index (χ1v) is 12.2. The van der Waals surface area contributed by atoms with Crippen LogP contribution in [0.1, 0.15) is 31.9 Å². The molecule has 38 heavy (non-hydrogen) atoms. The fraction of sp³-hybridized carbons (Fsp3) is 0.370. The number of esters is 1. The van der Waals surface area contributed by atoms with Crippen molar-refractivity contribution in [1.82, 2.24) is 10.2 Å². The fourth-order valence-corrected chi connectivity index (χ4v) is 4.05. The highest BCUT2D eigenvalue weighted by Gasteiger charge is 2.36. The van der Waals surface area contributed by atoms with E-state index < -0.39 is 18.0 Å². The van der Waals surface area contributed by atoms with Gasteiger partial charge in [-0.2, -0.15) is 0 Å². The van der Waals surface area contributed by atoms with Gasteiger partial charge < -0.3 is 34.9 Å². The Morgan fingerprint density at radius 2 is 1.66 bits per heavy atom. The number of anilines is 2. The normalized spacial score (nSPS) is 15.0. The van der Waals surface area contributed by atoms with Crippen LogP contribution >= 0.6 is 0 Å². The SMILES string of the molecule is CCCN1C(=O)NC(c2cccc(NC(=O)Nc3cc(OC)cc(OC)c3)c2)C(C(=O)OCCOC)=C1C. The summed E-state index contributed by atoms with van der Waals surface area (Å²) in [6.07, 6.45) is 0.717. The van der Waals surface area contributed by atoms with Crippen LogP contribution in [-0.4, -0.2) is 64.0 Å². The minimum absolute atomic E-state index is 0.0807. The van der Waals surface area contributed by atoms with Gasteiger partial charge in [-0.05, 0) is 31.0 Å². The van der Waals surface area contributed by atoms with E-state index in [1.165, 1.54) is 26.2 Å². The van der Waals surface area contributed by atoms with Crippen LogP contribution < -0.4 is 25.4 Å². The van der Waals surface area contributed by atoms with E-state index >= 15 is 0 Å². The fourth-order valence-electron chi connectivity index (χ4n) is 4.05. The third-order valence-electron chi connectivity index (χ3n) is 5.87. The van der Waals surface area contributed by atoms with Gasteiger partial charge >= 0.3 is 18.0 Å². The summed E-state index contributed by atoms with van der Waals surface area (Å²) in [6.45, 7) is 4.46. The van der Waals surface area contributed by atoms with Crippen molar-refractivity contribution in [3.63, 3.8) is 0 Å². The van der Waals surface area contributed by atoms with Gasteiger partial charge in [0.15, 0.2) is 0 Å². The van der Waals surface area contributed by atoms with E-state index in [4.69, 9.17) is 18.9 Å². The molecule has 1 aliphatic heterocycles. The second-order valence-corrected chi connectivity index (χ2v) is 8.47. The molecule has 0 aliphatic carbocycles. The van der Waals surface area contributed by atoms with Crippen LogP contribution in [0.3, 0.4) is 0 Å². The van der Waals surface area contributed by atoms with E-state index in [1.807, 2.05) is 6.92 Å². The Hall–Kier alpha value is -4.25. The highest BCUT2D eigenvalue weighted by atomic mass is 16.6. The molecule has 1 unspecified atom stereocenters. The van der Waals surface area contributed by atoms with Crippen molar-refractivity contribution in [2.24, 2.45) is 0 Å². The predicted octanol–water partition coefficient (Wildman–Crippen LogP) is 4.29. The topological polar surface area (TPSA) is 127 Å². The molecule has 1 atom stereocenters. The third-order valence-corrected chi connectivity index (χ3v) is 5.87. The van der Waals surface area contributed by atoms with E-state index in [1.54, 1.807) is 49.4 Å². The molecule has 0 saturated carbocycles. The van der Waals surface area contributed by atoms with E-state index in [-0.39, 0.29) is 19.2 Å². The number of nitrogens with one attached hydrogen (secondary N) is 3. The van der Waals surface area contributed by atoms with Crippen LogP contribution in [0.25, 0.3) is 0 Å². The molecular formula is C27H34N4O7. The molecule has 0 saturated heterocycles. The summed E-state index contributed by atoms with van der Waals surface area (Å²) < 4.78 is 20.9. The van der Waals surface area contributed by atoms with Gasteiger partial charge in [0.25, 0.3) is 0 Å². The summed E-state index contributed by atoms with van der Waals surface area (Å²) in [5, 5.41) is 8.43. The van der Waals surface area contributed by atoms with Crippen LogP contribution in [0.4, 0.5) is 21.0 Å². The Morgan fingerprint density at radius 1 is 0.974 bits per heavy atom. The van der Waals surface area contributed by atoms with Gasteiger partial charge in [0, 0.05) is 48.9 Å². The molecule has 3 rings (SSSR count). The lowest BCUT2D eigenvalue weighted by Gasteiger charge is -2.35. The minimum atomic E-state index is -0.766. The smallest absolute Gasteiger partial charge is 0.338 e. The predicted molar refractivity (Wildman–Crippen MR) is 142 cm³/mol. The Kier molecular flexibility index (Phi) is 9.94. The molecule has 0 fully saturated rings. The molecule has 204 valence electrons. The number of allylic oxidation sites excluding steroid dienone is 1. The molecule has 1 heterocycles. The molecule has 1 aliphatic rings. The second kappa shape index (κ2) is 13.3. The average molecular weight is 527 g/mol. The second-order valence-electron chi connectivity index (χ2n) is 8.47. The number of amides is 4. The molecule has 11 nitrogen and oxygen atoms in total. The molecule has 2 aromatic rings. The summed E-state index contributed by atoms with van der Waals surface area (Å²) >= 11 is 0. The maximum atomic E-state index is 13.1. The van der Waals surface area contributed by atoms with Crippen molar-refractivity contribution in [1.29, 1.82) is 0 Å². The summed E-state index contributed by atoms with van der Waals surface area (Å²) in [5.74, 6) is 0.506. The van der Waals surface area contributed by atoms with Crippen LogP contribution in [0.5, 0.6) is 11.5 Å². The number of urea groups is 2. The standard InChI is InChI=1S/C27H34N4O7/c1-6-10-31-17(2)23(25(32)38-12-11-35-3)24(30-27(31)34)18-8-7-9-19(13-18)28-26(33)29-20-14-21(36-4)16-22(15-20)37-5/h7-9,13-16,24H,6,10-12H2,1-5H3,(H,30,34)(H2,28,29,33). The lowest BCUT2D eigenvalue weighted by atomic mass is 9.94. The van der Waals surface area contributed by atoms with Crippen molar-refractivity contribution in [3.05, 3.63) is 59.3 Å². The first-order chi connectivity index (χ1) is 18.3. The van der Waals surface area contributed by atoms with Gasteiger partial charge in [-0.25, -0.2) is 14.4 Å². The maximum Gasteiger partial charge on any atom is 0.338 e. The Bertz CT molecular complexity index is 1180. The average Bonchev–Trinajstić information content (AvgIpc) is 2.90. The van der Waals surface area contributed by atoms with Crippen LogP contribution in [0.2, 0.25) is 0 Å². The third kappa shape index (κ3) is 6.94. The summed E-state index contributed by atoms with van der Waals surface area (Å²) in [7, 11) is 4.56.